The maximum Gasteiger partial charge on any atom is 0.248 e. The predicted molar refractivity (Wildman–Crippen MR) is 74.7 cm³/mol. The lowest BCUT2D eigenvalue weighted by molar-refractivity contribution is -0.120. The number of carbonyl (C=O) groups is 2. The van der Waals surface area contributed by atoms with Gasteiger partial charge in [-0.2, -0.15) is 0 Å². The Labute approximate surface area is 113 Å². The Morgan fingerprint density at radius 1 is 1.32 bits per heavy atom. The summed E-state index contributed by atoms with van der Waals surface area (Å²) in [6.07, 6.45) is 0.465. The van der Waals surface area contributed by atoms with Crippen molar-refractivity contribution in [3.05, 3.63) is 34.9 Å². The summed E-state index contributed by atoms with van der Waals surface area (Å²) in [6, 6.07) is 5.38. The monoisotopic (exact) mass is 263 g/mol. The van der Waals surface area contributed by atoms with Gasteiger partial charge in [-0.1, -0.05) is 6.07 Å². The number of benzene rings is 1. The molecule has 4 N–H and O–H groups in total. The lowest BCUT2D eigenvalue weighted by Crippen LogP contribution is -2.27. The summed E-state index contributed by atoms with van der Waals surface area (Å²) in [7, 11) is 0. The Bertz CT molecular complexity index is 458. The third-order valence-corrected chi connectivity index (χ3v) is 2.85. The average Bonchev–Trinajstić information content (AvgIpc) is 2.36. The fourth-order valence-corrected chi connectivity index (χ4v) is 1.76. The number of primary amides is 1. The zero-order chi connectivity index (χ0) is 14.3. The molecule has 0 aliphatic rings. The van der Waals surface area contributed by atoms with Crippen molar-refractivity contribution in [3.8, 4) is 0 Å². The van der Waals surface area contributed by atoms with Crippen LogP contribution >= 0.6 is 0 Å². The van der Waals surface area contributed by atoms with Gasteiger partial charge in [0.2, 0.25) is 11.8 Å². The number of hydrogen-bond donors (Lipinski definition) is 3. The predicted octanol–water partition coefficient (Wildman–Crippen LogP) is 0.710. The normalized spacial score (nSPS) is 10.2. The van der Waals surface area contributed by atoms with Crippen LogP contribution in [0.2, 0.25) is 0 Å². The minimum Gasteiger partial charge on any atom is -0.366 e. The topological polar surface area (TPSA) is 84.2 Å². The summed E-state index contributed by atoms with van der Waals surface area (Å²) in [5, 5.41) is 5.95. The van der Waals surface area contributed by atoms with Crippen molar-refractivity contribution in [1.29, 1.82) is 0 Å². The van der Waals surface area contributed by atoms with Gasteiger partial charge >= 0.3 is 0 Å². The first-order chi connectivity index (χ1) is 9.04. The number of aryl methyl sites for hydroxylation is 1. The SMILES string of the molecule is CCNC(=O)CCNCc1ccc(C(N)=O)cc1C. The number of nitrogens with two attached hydrogens (primary N) is 1. The second-order valence-corrected chi connectivity index (χ2v) is 4.39. The summed E-state index contributed by atoms with van der Waals surface area (Å²) >= 11 is 0. The first kappa shape index (κ1) is 15.2. The molecule has 0 atom stereocenters. The Hall–Kier alpha value is -1.88. The van der Waals surface area contributed by atoms with E-state index in [-0.39, 0.29) is 5.91 Å². The molecule has 0 aliphatic heterocycles. The zero-order valence-electron chi connectivity index (χ0n) is 11.5. The highest BCUT2D eigenvalue weighted by atomic mass is 16.1. The number of rotatable bonds is 7. The van der Waals surface area contributed by atoms with Crippen LogP contribution < -0.4 is 16.4 Å². The molecule has 0 radical (unpaired) electrons. The molecule has 2 amide bonds. The van der Waals surface area contributed by atoms with Crippen molar-refractivity contribution in [1.82, 2.24) is 10.6 Å². The van der Waals surface area contributed by atoms with Gasteiger partial charge in [0.15, 0.2) is 0 Å². The van der Waals surface area contributed by atoms with Crippen LogP contribution in [0.5, 0.6) is 0 Å². The van der Waals surface area contributed by atoms with Gasteiger partial charge < -0.3 is 16.4 Å². The summed E-state index contributed by atoms with van der Waals surface area (Å²) in [6.45, 7) is 5.79. The third kappa shape index (κ3) is 5.09. The molecule has 19 heavy (non-hydrogen) atoms. The number of carbonyl (C=O) groups excluding carboxylic acids is 2. The molecule has 5 heteroatoms. The van der Waals surface area contributed by atoms with Gasteiger partial charge in [-0.05, 0) is 37.1 Å². The molecule has 0 aromatic heterocycles. The van der Waals surface area contributed by atoms with Crippen LogP contribution in [-0.4, -0.2) is 24.9 Å². The first-order valence-corrected chi connectivity index (χ1v) is 6.41. The standard InChI is InChI=1S/C14H21N3O2/c1-3-17-13(18)6-7-16-9-12-5-4-11(14(15)19)8-10(12)2/h4-5,8,16H,3,6-7,9H2,1-2H3,(H2,15,19)(H,17,18). The summed E-state index contributed by atoms with van der Waals surface area (Å²) in [4.78, 5) is 22.3. The van der Waals surface area contributed by atoms with Crippen molar-refractivity contribution < 1.29 is 9.59 Å². The van der Waals surface area contributed by atoms with E-state index in [2.05, 4.69) is 10.6 Å². The van der Waals surface area contributed by atoms with Crippen LogP contribution in [0.4, 0.5) is 0 Å². The Morgan fingerprint density at radius 2 is 2.05 bits per heavy atom. The zero-order valence-corrected chi connectivity index (χ0v) is 11.5. The summed E-state index contributed by atoms with van der Waals surface area (Å²) in [5.41, 5.74) is 7.85. The third-order valence-electron chi connectivity index (χ3n) is 2.85. The van der Waals surface area contributed by atoms with Crippen molar-refractivity contribution in [2.75, 3.05) is 13.1 Å². The Balaban J connectivity index is 2.41. The Morgan fingerprint density at radius 3 is 2.63 bits per heavy atom. The molecule has 0 saturated heterocycles. The smallest absolute Gasteiger partial charge is 0.248 e. The molecular formula is C14H21N3O2. The van der Waals surface area contributed by atoms with Crippen molar-refractivity contribution in [2.24, 2.45) is 5.73 Å². The fraction of sp³-hybridized carbons (Fsp3) is 0.429. The molecule has 0 bridgehead atoms. The van der Waals surface area contributed by atoms with Crippen molar-refractivity contribution in [3.63, 3.8) is 0 Å². The molecule has 1 aromatic rings. The van der Waals surface area contributed by atoms with Gasteiger partial charge in [0.05, 0.1) is 0 Å². The highest BCUT2D eigenvalue weighted by Crippen LogP contribution is 2.10. The fourth-order valence-electron chi connectivity index (χ4n) is 1.76. The molecule has 0 heterocycles. The van der Waals surface area contributed by atoms with E-state index >= 15 is 0 Å². The maximum atomic E-state index is 11.2. The highest BCUT2D eigenvalue weighted by Gasteiger charge is 2.04. The van der Waals surface area contributed by atoms with E-state index in [1.807, 2.05) is 19.9 Å². The van der Waals surface area contributed by atoms with Crippen LogP contribution in [0.1, 0.15) is 34.8 Å². The van der Waals surface area contributed by atoms with E-state index in [0.29, 0.717) is 31.6 Å². The molecule has 0 aliphatic carbocycles. The van der Waals surface area contributed by atoms with Gasteiger partial charge in [-0.3, -0.25) is 9.59 Å². The lowest BCUT2D eigenvalue weighted by atomic mass is 10.0. The number of nitrogens with one attached hydrogen (secondary N) is 2. The molecule has 1 rings (SSSR count). The van der Waals surface area contributed by atoms with Gasteiger partial charge in [-0.25, -0.2) is 0 Å². The van der Waals surface area contributed by atoms with E-state index < -0.39 is 5.91 Å². The quantitative estimate of drug-likeness (QED) is 0.633. The van der Waals surface area contributed by atoms with E-state index in [1.54, 1.807) is 12.1 Å². The molecule has 0 fully saturated rings. The molecule has 104 valence electrons. The molecule has 1 aromatic carbocycles. The van der Waals surface area contributed by atoms with Crippen LogP contribution in [-0.2, 0) is 11.3 Å². The Kier molecular flexibility index (Phi) is 6.02. The van der Waals surface area contributed by atoms with Gasteiger partial charge in [0.1, 0.15) is 0 Å². The minimum atomic E-state index is -0.418. The van der Waals surface area contributed by atoms with E-state index in [0.717, 1.165) is 11.1 Å². The second kappa shape index (κ2) is 7.53. The maximum absolute atomic E-state index is 11.2. The van der Waals surface area contributed by atoms with Gasteiger partial charge in [0, 0.05) is 31.6 Å². The average molecular weight is 263 g/mol. The largest absolute Gasteiger partial charge is 0.366 e. The van der Waals surface area contributed by atoms with Crippen LogP contribution in [0.25, 0.3) is 0 Å². The van der Waals surface area contributed by atoms with E-state index in [9.17, 15) is 9.59 Å². The van der Waals surface area contributed by atoms with Crippen molar-refractivity contribution in [2.45, 2.75) is 26.8 Å². The highest BCUT2D eigenvalue weighted by molar-refractivity contribution is 5.93. The number of hydrogen-bond acceptors (Lipinski definition) is 3. The summed E-state index contributed by atoms with van der Waals surface area (Å²) < 4.78 is 0. The van der Waals surface area contributed by atoms with E-state index in [4.69, 9.17) is 5.73 Å². The molecule has 0 unspecified atom stereocenters. The molecule has 0 saturated carbocycles. The van der Waals surface area contributed by atoms with E-state index in [1.165, 1.54) is 0 Å². The molecule has 5 nitrogen and oxygen atoms in total. The van der Waals surface area contributed by atoms with Gasteiger partial charge in [-0.15, -0.1) is 0 Å². The molecular weight excluding hydrogens is 242 g/mol. The molecule has 0 spiro atoms. The van der Waals surface area contributed by atoms with Gasteiger partial charge in [0.25, 0.3) is 0 Å². The second-order valence-electron chi connectivity index (χ2n) is 4.39. The lowest BCUT2D eigenvalue weighted by Gasteiger charge is -2.09. The minimum absolute atomic E-state index is 0.0517. The van der Waals surface area contributed by atoms with Crippen LogP contribution in [0.15, 0.2) is 18.2 Å². The number of amides is 2. The first-order valence-electron chi connectivity index (χ1n) is 6.41. The van der Waals surface area contributed by atoms with Crippen molar-refractivity contribution >= 4 is 11.8 Å². The summed E-state index contributed by atoms with van der Waals surface area (Å²) in [5.74, 6) is -0.366. The van der Waals surface area contributed by atoms with Crippen LogP contribution in [0, 0.1) is 6.92 Å². The van der Waals surface area contributed by atoms with Crippen LogP contribution in [0.3, 0.4) is 0 Å².